The SMILES string of the molecule is O=C(/C=C/c1sc2ccccc2c1Cl)OCc1nnc(-c2ccco2)o1. The van der Waals surface area contributed by atoms with Crippen molar-refractivity contribution in [1.29, 1.82) is 0 Å². The first-order valence-electron chi connectivity index (χ1n) is 7.59. The van der Waals surface area contributed by atoms with Crippen LogP contribution >= 0.6 is 22.9 Å². The van der Waals surface area contributed by atoms with E-state index >= 15 is 0 Å². The summed E-state index contributed by atoms with van der Waals surface area (Å²) in [6.45, 7) is -0.128. The van der Waals surface area contributed by atoms with Gasteiger partial charge in [0, 0.05) is 21.0 Å². The van der Waals surface area contributed by atoms with Crippen molar-refractivity contribution in [2.24, 2.45) is 0 Å². The Morgan fingerprint density at radius 3 is 2.92 bits per heavy atom. The summed E-state index contributed by atoms with van der Waals surface area (Å²) in [7, 11) is 0. The number of rotatable bonds is 5. The topological polar surface area (TPSA) is 78.4 Å². The summed E-state index contributed by atoms with van der Waals surface area (Å²) < 4.78 is 16.7. The Kier molecular flexibility index (Phi) is 4.55. The highest BCUT2D eigenvalue weighted by Crippen LogP contribution is 2.35. The number of carbonyl (C=O) groups excluding carboxylic acids is 1. The molecule has 0 fully saturated rings. The van der Waals surface area contributed by atoms with Crippen LogP contribution in [0.3, 0.4) is 0 Å². The molecule has 26 heavy (non-hydrogen) atoms. The molecule has 0 aliphatic rings. The van der Waals surface area contributed by atoms with Gasteiger partial charge in [-0.3, -0.25) is 0 Å². The highest BCUT2D eigenvalue weighted by atomic mass is 35.5. The molecule has 6 nitrogen and oxygen atoms in total. The Labute approximate surface area is 156 Å². The van der Waals surface area contributed by atoms with Crippen molar-refractivity contribution < 1.29 is 18.4 Å². The summed E-state index contributed by atoms with van der Waals surface area (Å²) in [6, 6.07) is 11.2. The fraction of sp³-hybridized carbons (Fsp3) is 0.0556. The van der Waals surface area contributed by atoms with Crippen LogP contribution < -0.4 is 0 Å². The van der Waals surface area contributed by atoms with Gasteiger partial charge in [0.15, 0.2) is 12.4 Å². The number of aromatic nitrogens is 2. The number of ether oxygens (including phenoxy) is 1. The Bertz CT molecular complexity index is 1080. The Balaban J connectivity index is 1.39. The second-order valence-electron chi connectivity index (χ2n) is 5.20. The third-order valence-electron chi connectivity index (χ3n) is 3.47. The van der Waals surface area contributed by atoms with Crippen LogP contribution in [0.25, 0.3) is 27.8 Å². The van der Waals surface area contributed by atoms with E-state index in [0.29, 0.717) is 10.8 Å². The van der Waals surface area contributed by atoms with E-state index < -0.39 is 5.97 Å². The predicted molar refractivity (Wildman–Crippen MR) is 97.7 cm³/mol. The number of thiophene rings is 1. The van der Waals surface area contributed by atoms with Gasteiger partial charge < -0.3 is 13.6 Å². The number of carbonyl (C=O) groups is 1. The summed E-state index contributed by atoms with van der Waals surface area (Å²) in [6.07, 6.45) is 4.46. The molecule has 0 bridgehead atoms. The minimum atomic E-state index is -0.531. The molecular weight excluding hydrogens is 376 g/mol. The number of hydrogen-bond acceptors (Lipinski definition) is 7. The molecule has 0 saturated carbocycles. The Morgan fingerprint density at radius 1 is 1.23 bits per heavy atom. The molecule has 3 heterocycles. The maximum atomic E-state index is 11.9. The molecule has 0 spiro atoms. The molecule has 130 valence electrons. The molecule has 0 unspecified atom stereocenters. The molecule has 4 aromatic rings. The Morgan fingerprint density at radius 2 is 2.12 bits per heavy atom. The van der Waals surface area contributed by atoms with Crippen molar-refractivity contribution in [3.8, 4) is 11.7 Å². The van der Waals surface area contributed by atoms with Crippen LogP contribution in [-0.4, -0.2) is 16.2 Å². The zero-order valence-electron chi connectivity index (χ0n) is 13.2. The van der Waals surface area contributed by atoms with E-state index in [4.69, 9.17) is 25.2 Å². The number of esters is 1. The maximum Gasteiger partial charge on any atom is 0.331 e. The third-order valence-corrected chi connectivity index (χ3v) is 5.12. The lowest BCUT2D eigenvalue weighted by molar-refractivity contribution is -0.139. The van der Waals surface area contributed by atoms with E-state index in [0.717, 1.165) is 15.0 Å². The van der Waals surface area contributed by atoms with Gasteiger partial charge in [0.2, 0.25) is 0 Å². The van der Waals surface area contributed by atoms with Crippen LogP contribution in [0.2, 0.25) is 5.02 Å². The fourth-order valence-corrected chi connectivity index (χ4v) is 3.68. The van der Waals surface area contributed by atoms with Gasteiger partial charge >= 0.3 is 5.97 Å². The highest BCUT2D eigenvalue weighted by Gasteiger charge is 2.12. The average Bonchev–Trinajstić information content (AvgIpc) is 3.39. The van der Waals surface area contributed by atoms with Crippen LogP contribution in [0.15, 0.2) is 57.6 Å². The van der Waals surface area contributed by atoms with Gasteiger partial charge in [-0.1, -0.05) is 29.8 Å². The number of fused-ring (bicyclic) bond motifs is 1. The second-order valence-corrected chi connectivity index (χ2v) is 6.66. The van der Waals surface area contributed by atoms with Crippen molar-refractivity contribution >= 4 is 45.1 Å². The quantitative estimate of drug-likeness (QED) is 0.356. The molecule has 4 rings (SSSR count). The summed E-state index contributed by atoms with van der Waals surface area (Å²) >= 11 is 7.83. The second kappa shape index (κ2) is 7.15. The number of hydrogen-bond donors (Lipinski definition) is 0. The van der Waals surface area contributed by atoms with Crippen LogP contribution in [0.1, 0.15) is 10.8 Å². The van der Waals surface area contributed by atoms with E-state index in [1.165, 1.54) is 23.7 Å². The van der Waals surface area contributed by atoms with Crippen molar-refractivity contribution in [3.63, 3.8) is 0 Å². The van der Waals surface area contributed by atoms with Gasteiger partial charge in [0.05, 0.1) is 11.3 Å². The normalized spacial score (nSPS) is 11.4. The number of halogens is 1. The molecule has 0 aliphatic heterocycles. The van der Waals surface area contributed by atoms with E-state index in [1.807, 2.05) is 24.3 Å². The number of furan rings is 1. The third kappa shape index (κ3) is 3.40. The number of nitrogens with zero attached hydrogens (tertiary/aromatic N) is 2. The lowest BCUT2D eigenvalue weighted by Crippen LogP contribution is -2.00. The largest absolute Gasteiger partial charge is 0.459 e. The first-order chi connectivity index (χ1) is 12.7. The standard InChI is InChI=1S/C18H11ClN2O4S/c19-17-11-4-1-2-6-13(11)26-14(17)7-8-16(22)24-10-15-20-21-18(25-15)12-5-3-9-23-12/h1-9H,10H2/b8-7+. The summed E-state index contributed by atoms with van der Waals surface area (Å²) in [5.41, 5.74) is 0. The minimum absolute atomic E-state index is 0.128. The monoisotopic (exact) mass is 386 g/mol. The van der Waals surface area contributed by atoms with Gasteiger partial charge in [-0.15, -0.1) is 21.5 Å². The maximum absolute atomic E-state index is 11.9. The smallest absolute Gasteiger partial charge is 0.331 e. The lowest BCUT2D eigenvalue weighted by Gasteiger charge is -1.96. The summed E-state index contributed by atoms with van der Waals surface area (Å²) in [4.78, 5) is 12.7. The van der Waals surface area contributed by atoms with Crippen molar-refractivity contribution in [3.05, 3.63) is 64.5 Å². The van der Waals surface area contributed by atoms with Crippen molar-refractivity contribution in [1.82, 2.24) is 10.2 Å². The lowest BCUT2D eigenvalue weighted by atomic mass is 10.2. The molecular formula is C18H11ClN2O4S. The first-order valence-corrected chi connectivity index (χ1v) is 8.78. The van der Waals surface area contributed by atoms with Gasteiger partial charge in [-0.2, -0.15) is 0 Å². The van der Waals surface area contributed by atoms with Gasteiger partial charge in [0.1, 0.15) is 0 Å². The predicted octanol–water partition coefficient (Wildman–Crippen LogP) is 4.95. The van der Waals surface area contributed by atoms with Gasteiger partial charge in [-0.05, 0) is 24.3 Å². The molecule has 8 heteroatoms. The zero-order chi connectivity index (χ0) is 17.9. The first kappa shape index (κ1) is 16.6. The molecule has 3 aromatic heterocycles. The Hall–Kier alpha value is -2.90. The molecule has 0 N–H and O–H groups in total. The van der Waals surface area contributed by atoms with E-state index in [9.17, 15) is 4.79 Å². The van der Waals surface area contributed by atoms with E-state index in [2.05, 4.69) is 10.2 Å². The van der Waals surface area contributed by atoms with E-state index in [-0.39, 0.29) is 18.4 Å². The van der Waals surface area contributed by atoms with Crippen molar-refractivity contribution in [2.45, 2.75) is 6.61 Å². The highest BCUT2D eigenvalue weighted by molar-refractivity contribution is 7.20. The van der Waals surface area contributed by atoms with Crippen LogP contribution in [0.5, 0.6) is 0 Å². The molecule has 0 atom stereocenters. The van der Waals surface area contributed by atoms with Crippen LogP contribution in [-0.2, 0) is 16.1 Å². The summed E-state index contributed by atoms with van der Waals surface area (Å²) in [5.74, 6) is 0.331. The zero-order valence-corrected chi connectivity index (χ0v) is 14.8. The van der Waals surface area contributed by atoms with Gasteiger partial charge in [-0.25, -0.2) is 4.79 Å². The number of benzene rings is 1. The minimum Gasteiger partial charge on any atom is -0.459 e. The molecule has 1 aromatic carbocycles. The van der Waals surface area contributed by atoms with Crippen LogP contribution in [0.4, 0.5) is 0 Å². The molecule has 0 aliphatic carbocycles. The fourth-order valence-electron chi connectivity index (χ4n) is 2.28. The van der Waals surface area contributed by atoms with Crippen molar-refractivity contribution in [2.75, 3.05) is 0 Å². The molecule has 0 radical (unpaired) electrons. The van der Waals surface area contributed by atoms with Crippen LogP contribution in [0, 0.1) is 0 Å². The summed E-state index contributed by atoms with van der Waals surface area (Å²) in [5, 5.41) is 9.22. The molecule has 0 amide bonds. The van der Waals surface area contributed by atoms with E-state index in [1.54, 1.807) is 18.2 Å². The van der Waals surface area contributed by atoms with Gasteiger partial charge in [0.25, 0.3) is 11.8 Å². The molecule has 0 saturated heterocycles. The average molecular weight is 387 g/mol.